The summed E-state index contributed by atoms with van der Waals surface area (Å²) in [5, 5.41) is 17.7. The lowest BCUT2D eigenvalue weighted by molar-refractivity contribution is 0.379. The quantitative estimate of drug-likeness (QED) is 0.823. The van der Waals surface area contributed by atoms with E-state index in [2.05, 4.69) is 4.74 Å². The second-order valence-electron chi connectivity index (χ2n) is 2.54. The molecule has 0 aliphatic heterocycles. The van der Waals surface area contributed by atoms with Crippen molar-refractivity contribution in [2.75, 3.05) is 7.11 Å². The topological polar surface area (TPSA) is 53.2 Å². The highest BCUT2D eigenvalue weighted by atomic mass is 35.5. The summed E-state index contributed by atoms with van der Waals surface area (Å²) in [4.78, 5) is 0. The number of rotatable bonds is 2. The van der Waals surface area contributed by atoms with Crippen LogP contribution in [-0.2, 0) is 6.42 Å². The van der Waals surface area contributed by atoms with E-state index in [0.29, 0.717) is 0 Å². The molecule has 0 aliphatic carbocycles. The number of methoxy groups -OCH3 is 1. The van der Waals surface area contributed by atoms with Crippen LogP contribution in [0.5, 0.6) is 11.5 Å². The molecular formula is C9H7ClFNO2. The largest absolute Gasteiger partial charge is 0.506 e. The minimum atomic E-state index is -0.754. The molecule has 0 aliphatic rings. The molecule has 1 aromatic rings. The van der Waals surface area contributed by atoms with E-state index in [9.17, 15) is 9.50 Å². The van der Waals surface area contributed by atoms with Gasteiger partial charge < -0.3 is 9.84 Å². The molecule has 0 radical (unpaired) electrons. The summed E-state index contributed by atoms with van der Waals surface area (Å²) in [7, 11) is 1.28. The van der Waals surface area contributed by atoms with E-state index in [0.717, 1.165) is 6.07 Å². The van der Waals surface area contributed by atoms with E-state index in [4.69, 9.17) is 16.9 Å². The number of benzene rings is 1. The van der Waals surface area contributed by atoms with Gasteiger partial charge in [0.05, 0.1) is 24.6 Å². The number of phenolic OH excluding ortho intramolecular Hbond substituents is 1. The Morgan fingerprint density at radius 1 is 1.71 bits per heavy atom. The first-order valence-corrected chi connectivity index (χ1v) is 4.10. The van der Waals surface area contributed by atoms with Crippen LogP contribution in [0.1, 0.15) is 5.56 Å². The zero-order valence-corrected chi connectivity index (χ0v) is 8.10. The molecular weight excluding hydrogens is 209 g/mol. The van der Waals surface area contributed by atoms with Gasteiger partial charge in [-0.3, -0.25) is 0 Å². The fraction of sp³-hybridized carbons (Fsp3) is 0.222. The van der Waals surface area contributed by atoms with E-state index in [1.165, 1.54) is 7.11 Å². The zero-order valence-electron chi connectivity index (χ0n) is 7.34. The second kappa shape index (κ2) is 4.16. The number of nitriles is 1. The number of phenols is 1. The van der Waals surface area contributed by atoms with Crippen LogP contribution in [0.4, 0.5) is 4.39 Å². The van der Waals surface area contributed by atoms with Crippen LogP contribution in [0.15, 0.2) is 6.07 Å². The van der Waals surface area contributed by atoms with Gasteiger partial charge in [0.25, 0.3) is 0 Å². The molecule has 0 bridgehead atoms. The van der Waals surface area contributed by atoms with E-state index in [1.807, 2.05) is 0 Å². The second-order valence-corrected chi connectivity index (χ2v) is 2.94. The molecule has 0 aromatic heterocycles. The van der Waals surface area contributed by atoms with Crippen molar-refractivity contribution in [3.05, 3.63) is 22.5 Å². The molecule has 5 heteroatoms. The van der Waals surface area contributed by atoms with Gasteiger partial charge in [0, 0.05) is 11.6 Å². The summed E-state index contributed by atoms with van der Waals surface area (Å²) in [5.74, 6) is -1.25. The third-order valence-corrected chi connectivity index (χ3v) is 2.02. The summed E-state index contributed by atoms with van der Waals surface area (Å²) < 4.78 is 18.1. The maximum atomic E-state index is 13.4. The molecule has 0 saturated heterocycles. The van der Waals surface area contributed by atoms with Gasteiger partial charge in [0.2, 0.25) is 0 Å². The zero-order chi connectivity index (χ0) is 10.7. The molecule has 0 amide bonds. The Kier molecular flexibility index (Phi) is 3.15. The highest BCUT2D eigenvalue weighted by Crippen LogP contribution is 2.35. The van der Waals surface area contributed by atoms with Crippen molar-refractivity contribution in [2.45, 2.75) is 6.42 Å². The lowest BCUT2D eigenvalue weighted by Gasteiger charge is -2.08. The molecule has 0 spiro atoms. The van der Waals surface area contributed by atoms with Crippen LogP contribution in [0.25, 0.3) is 0 Å². The van der Waals surface area contributed by atoms with Crippen molar-refractivity contribution in [1.82, 2.24) is 0 Å². The van der Waals surface area contributed by atoms with Crippen molar-refractivity contribution in [3.63, 3.8) is 0 Å². The van der Waals surface area contributed by atoms with Crippen LogP contribution < -0.4 is 4.74 Å². The van der Waals surface area contributed by atoms with Gasteiger partial charge in [-0.15, -0.1) is 0 Å². The van der Waals surface area contributed by atoms with Gasteiger partial charge in [-0.05, 0) is 0 Å². The lowest BCUT2D eigenvalue weighted by atomic mass is 10.1. The van der Waals surface area contributed by atoms with E-state index in [-0.39, 0.29) is 22.8 Å². The van der Waals surface area contributed by atoms with E-state index >= 15 is 0 Å². The highest BCUT2D eigenvalue weighted by molar-refractivity contribution is 6.32. The summed E-state index contributed by atoms with van der Waals surface area (Å²) >= 11 is 5.60. The predicted molar refractivity (Wildman–Crippen MR) is 48.9 cm³/mol. The van der Waals surface area contributed by atoms with Crippen LogP contribution >= 0.6 is 11.6 Å². The van der Waals surface area contributed by atoms with Gasteiger partial charge in [-0.2, -0.15) is 5.26 Å². The fourth-order valence-corrected chi connectivity index (χ4v) is 1.25. The Bertz CT molecular complexity index is 401. The lowest BCUT2D eigenvalue weighted by Crippen LogP contribution is -1.95. The van der Waals surface area contributed by atoms with Gasteiger partial charge in [0.1, 0.15) is 5.75 Å². The third kappa shape index (κ3) is 1.73. The van der Waals surface area contributed by atoms with Crippen molar-refractivity contribution in [3.8, 4) is 17.6 Å². The normalized spacial score (nSPS) is 9.57. The van der Waals surface area contributed by atoms with E-state index in [1.54, 1.807) is 6.07 Å². The number of ether oxygens (including phenoxy) is 1. The SMILES string of the molecule is COc1cc(Cl)c(O)c(CC#N)c1F. The van der Waals surface area contributed by atoms with Crippen LogP contribution in [0.3, 0.4) is 0 Å². The van der Waals surface area contributed by atoms with Crippen molar-refractivity contribution in [1.29, 1.82) is 5.26 Å². The number of hydrogen-bond acceptors (Lipinski definition) is 3. The Balaban J connectivity index is 3.38. The van der Waals surface area contributed by atoms with Gasteiger partial charge in [0.15, 0.2) is 11.6 Å². The molecule has 0 fully saturated rings. The Labute approximate surface area is 85.3 Å². The third-order valence-electron chi connectivity index (χ3n) is 1.73. The molecule has 0 atom stereocenters. The summed E-state index contributed by atoms with van der Waals surface area (Å²) in [5.41, 5.74) is -0.142. The fourth-order valence-electron chi connectivity index (χ4n) is 1.03. The first kappa shape index (κ1) is 10.6. The van der Waals surface area contributed by atoms with E-state index < -0.39 is 11.6 Å². The average Bonchev–Trinajstić information content (AvgIpc) is 2.18. The number of hydrogen-bond donors (Lipinski definition) is 1. The maximum absolute atomic E-state index is 13.4. The smallest absolute Gasteiger partial charge is 0.173 e. The van der Waals surface area contributed by atoms with Gasteiger partial charge in [-0.1, -0.05) is 11.6 Å². The molecule has 1 N–H and O–H groups in total. The van der Waals surface area contributed by atoms with Gasteiger partial charge >= 0.3 is 0 Å². The highest BCUT2D eigenvalue weighted by Gasteiger charge is 2.16. The molecule has 1 rings (SSSR count). The summed E-state index contributed by atoms with van der Waals surface area (Å²) in [6.07, 6.45) is -0.255. The van der Waals surface area contributed by atoms with Crippen LogP contribution in [0, 0.1) is 17.1 Å². The molecule has 74 valence electrons. The number of nitrogens with zero attached hydrogens (tertiary/aromatic N) is 1. The van der Waals surface area contributed by atoms with Gasteiger partial charge in [-0.25, -0.2) is 4.39 Å². The predicted octanol–water partition coefficient (Wildman–Crippen LogP) is 2.26. The monoisotopic (exact) mass is 215 g/mol. The number of aromatic hydroxyl groups is 1. The molecule has 14 heavy (non-hydrogen) atoms. The van der Waals surface area contributed by atoms with Crippen molar-refractivity contribution in [2.24, 2.45) is 0 Å². The number of halogens is 2. The minimum Gasteiger partial charge on any atom is -0.506 e. The molecule has 0 heterocycles. The molecule has 0 unspecified atom stereocenters. The Hall–Kier alpha value is -1.47. The average molecular weight is 216 g/mol. The maximum Gasteiger partial charge on any atom is 0.173 e. The minimum absolute atomic E-state index is 0.0338. The Morgan fingerprint density at radius 3 is 2.86 bits per heavy atom. The summed E-state index contributed by atoms with van der Waals surface area (Å²) in [6.45, 7) is 0. The van der Waals surface area contributed by atoms with Crippen LogP contribution in [0.2, 0.25) is 5.02 Å². The Morgan fingerprint density at radius 2 is 2.36 bits per heavy atom. The standard InChI is InChI=1S/C9H7ClFNO2/c1-14-7-4-6(10)9(13)5(2-3-12)8(7)11/h4,13H,2H2,1H3. The molecule has 1 aromatic carbocycles. The molecule has 3 nitrogen and oxygen atoms in total. The summed E-state index contributed by atoms with van der Waals surface area (Å²) in [6, 6.07) is 2.89. The van der Waals surface area contributed by atoms with Crippen LogP contribution in [-0.4, -0.2) is 12.2 Å². The first-order chi connectivity index (χ1) is 6.61. The molecule has 0 saturated carbocycles. The van der Waals surface area contributed by atoms with Crippen molar-refractivity contribution >= 4 is 11.6 Å². The van der Waals surface area contributed by atoms with Crippen molar-refractivity contribution < 1.29 is 14.2 Å². The first-order valence-electron chi connectivity index (χ1n) is 3.72.